The van der Waals surface area contributed by atoms with Gasteiger partial charge in [-0.1, -0.05) is 50.3 Å². The molecule has 0 bridgehead atoms. The second-order valence-electron chi connectivity index (χ2n) is 7.46. The lowest BCUT2D eigenvalue weighted by Gasteiger charge is -2.40. The van der Waals surface area contributed by atoms with E-state index in [2.05, 4.69) is 42.3 Å². The number of carbonyl (C=O) groups excluding carboxylic acids is 1. The number of hydrogen-bond acceptors (Lipinski definition) is 4. The number of methoxy groups -OCH3 is 2. The number of rotatable bonds is 4. The minimum Gasteiger partial charge on any atom is -0.493 e. The molecule has 0 aliphatic carbocycles. The summed E-state index contributed by atoms with van der Waals surface area (Å²) in [4.78, 5) is 14.5. The first kappa shape index (κ1) is 17.5. The van der Waals surface area contributed by atoms with Crippen LogP contribution in [0, 0.1) is 0 Å². The minimum atomic E-state index is -0.623. The first-order valence-corrected chi connectivity index (χ1v) is 9.03. The quantitative estimate of drug-likeness (QED) is 0.904. The van der Waals surface area contributed by atoms with E-state index in [4.69, 9.17) is 9.47 Å². The topological polar surface area (TPSA) is 50.8 Å². The Morgan fingerprint density at radius 1 is 1.07 bits per heavy atom. The molecule has 0 spiro atoms. The van der Waals surface area contributed by atoms with Gasteiger partial charge in [-0.15, -0.1) is 0 Å². The number of benzene rings is 2. The lowest BCUT2D eigenvalue weighted by Crippen LogP contribution is -2.58. The third-order valence-electron chi connectivity index (χ3n) is 5.82. The monoisotopic (exact) mass is 364 g/mol. The zero-order chi connectivity index (χ0) is 19.2. The molecule has 2 aromatic rings. The van der Waals surface area contributed by atoms with Crippen LogP contribution in [-0.4, -0.2) is 32.3 Å². The van der Waals surface area contributed by atoms with Crippen molar-refractivity contribution in [2.24, 2.45) is 0 Å². The van der Waals surface area contributed by atoms with Crippen molar-refractivity contribution in [3.63, 3.8) is 0 Å². The number of ether oxygens (including phenoxy) is 2. The summed E-state index contributed by atoms with van der Waals surface area (Å²) in [5, 5.41) is 3.23. The van der Waals surface area contributed by atoms with Crippen LogP contribution >= 0.6 is 0 Å². The van der Waals surface area contributed by atoms with Gasteiger partial charge in [-0.05, 0) is 23.8 Å². The Labute approximate surface area is 159 Å². The maximum Gasteiger partial charge on any atom is 0.241 e. The molecule has 1 fully saturated rings. The molecular weight excluding hydrogens is 340 g/mol. The van der Waals surface area contributed by atoms with Crippen LogP contribution in [0.4, 0.5) is 5.69 Å². The molecular formula is C22H24N2O3. The number of hydrogen-bond donors (Lipinski definition) is 1. The normalized spacial score (nSPS) is 22.5. The molecule has 2 aliphatic heterocycles. The molecule has 1 N–H and O–H groups in total. The van der Waals surface area contributed by atoms with E-state index in [9.17, 15) is 4.79 Å². The lowest BCUT2D eigenvalue weighted by atomic mass is 9.75. The molecule has 5 nitrogen and oxygen atoms in total. The Morgan fingerprint density at radius 2 is 1.85 bits per heavy atom. The van der Waals surface area contributed by atoms with Gasteiger partial charge in [0, 0.05) is 16.7 Å². The summed E-state index contributed by atoms with van der Waals surface area (Å²) in [6.45, 7) is 4.69. The molecule has 2 heterocycles. The highest BCUT2D eigenvalue weighted by Crippen LogP contribution is 2.52. The van der Waals surface area contributed by atoms with E-state index < -0.39 is 5.66 Å². The number of amides is 1. The number of carbonyl (C=O) groups is 1. The van der Waals surface area contributed by atoms with Crippen LogP contribution in [-0.2, 0) is 10.2 Å². The van der Waals surface area contributed by atoms with Gasteiger partial charge in [0.1, 0.15) is 5.66 Å². The zero-order valence-corrected chi connectivity index (χ0v) is 16.1. The third kappa shape index (κ3) is 2.34. The molecule has 0 radical (unpaired) electrons. The summed E-state index contributed by atoms with van der Waals surface area (Å²) >= 11 is 0. The molecule has 1 amide bonds. The van der Waals surface area contributed by atoms with Gasteiger partial charge in [-0.2, -0.15) is 0 Å². The Kier molecular flexibility index (Phi) is 3.91. The van der Waals surface area contributed by atoms with Crippen LogP contribution in [0.3, 0.4) is 0 Å². The molecule has 4 rings (SSSR count). The van der Waals surface area contributed by atoms with Gasteiger partial charge in [0.25, 0.3) is 0 Å². The number of nitrogens with zero attached hydrogens (tertiary/aromatic N) is 1. The summed E-state index contributed by atoms with van der Waals surface area (Å²) in [6.07, 6.45) is 4.09. The summed E-state index contributed by atoms with van der Waals surface area (Å²) < 4.78 is 11.0. The van der Waals surface area contributed by atoms with Gasteiger partial charge in [-0.3, -0.25) is 4.79 Å². The van der Waals surface area contributed by atoms with Crippen LogP contribution in [0.15, 0.2) is 48.5 Å². The first-order chi connectivity index (χ1) is 12.9. The molecule has 0 saturated carbocycles. The number of anilines is 1. The second-order valence-corrected chi connectivity index (χ2v) is 7.46. The SMILES string of the molecule is COc1cccc(/C=C/C23NC(=O)CN2c2ccccc2C3(C)C)c1OC. The third-order valence-corrected chi connectivity index (χ3v) is 5.82. The van der Waals surface area contributed by atoms with E-state index in [1.807, 2.05) is 36.4 Å². The van der Waals surface area contributed by atoms with E-state index >= 15 is 0 Å². The van der Waals surface area contributed by atoms with E-state index in [1.54, 1.807) is 14.2 Å². The van der Waals surface area contributed by atoms with E-state index in [1.165, 1.54) is 5.56 Å². The summed E-state index contributed by atoms with van der Waals surface area (Å²) in [6, 6.07) is 14.1. The van der Waals surface area contributed by atoms with Crippen molar-refractivity contribution in [1.82, 2.24) is 5.32 Å². The summed E-state index contributed by atoms with van der Waals surface area (Å²) in [5.74, 6) is 1.38. The van der Waals surface area contributed by atoms with Crippen molar-refractivity contribution < 1.29 is 14.3 Å². The molecule has 2 aromatic carbocycles. The number of nitrogens with one attached hydrogen (secondary N) is 1. The van der Waals surface area contributed by atoms with Gasteiger partial charge in [-0.25, -0.2) is 0 Å². The summed E-state index contributed by atoms with van der Waals surface area (Å²) in [7, 11) is 3.26. The van der Waals surface area contributed by atoms with E-state index in [-0.39, 0.29) is 11.3 Å². The maximum absolute atomic E-state index is 12.4. The van der Waals surface area contributed by atoms with Gasteiger partial charge < -0.3 is 19.7 Å². The van der Waals surface area contributed by atoms with Crippen LogP contribution in [0.1, 0.15) is 25.0 Å². The largest absolute Gasteiger partial charge is 0.493 e. The predicted octanol–water partition coefficient (Wildman–Crippen LogP) is 3.34. The molecule has 1 saturated heterocycles. The number of para-hydroxylation sites is 2. The average molecular weight is 364 g/mol. The molecule has 1 unspecified atom stereocenters. The zero-order valence-electron chi connectivity index (χ0n) is 16.1. The Balaban J connectivity index is 1.83. The van der Waals surface area contributed by atoms with Crippen LogP contribution < -0.4 is 19.7 Å². The fourth-order valence-corrected chi connectivity index (χ4v) is 4.39. The molecule has 2 aliphatic rings. The fourth-order valence-electron chi connectivity index (χ4n) is 4.39. The van der Waals surface area contributed by atoms with Crippen molar-refractivity contribution in [1.29, 1.82) is 0 Å². The second kappa shape index (κ2) is 6.05. The average Bonchev–Trinajstić information content (AvgIpc) is 3.10. The smallest absolute Gasteiger partial charge is 0.241 e. The molecule has 140 valence electrons. The standard InChI is InChI=1S/C22H24N2O3/c1-21(2)16-9-5-6-10-17(16)24-14-19(25)23-22(21,24)13-12-15-8-7-11-18(26-3)20(15)27-4/h5-13H,14H2,1-4H3,(H,23,25)/b13-12+. The van der Waals surface area contributed by atoms with Crippen molar-refractivity contribution in [2.75, 3.05) is 25.7 Å². The Hall–Kier alpha value is -2.95. The molecule has 5 heteroatoms. The Morgan fingerprint density at radius 3 is 2.59 bits per heavy atom. The van der Waals surface area contributed by atoms with Gasteiger partial charge in [0.15, 0.2) is 11.5 Å². The lowest BCUT2D eigenvalue weighted by molar-refractivity contribution is -0.118. The predicted molar refractivity (Wildman–Crippen MR) is 106 cm³/mol. The minimum absolute atomic E-state index is 0.0276. The summed E-state index contributed by atoms with van der Waals surface area (Å²) in [5.41, 5.74) is 2.31. The molecule has 1 atom stereocenters. The molecule has 0 aromatic heterocycles. The van der Waals surface area contributed by atoms with Crippen LogP contribution in [0.5, 0.6) is 11.5 Å². The van der Waals surface area contributed by atoms with Gasteiger partial charge in [0.05, 0.1) is 20.8 Å². The highest BCUT2D eigenvalue weighted by atomic mass is 16.5. The van der Waals surface area contributed by atoms with Crippen molar-refractivity contribution in [2.45, 2.75) is 24.9 Å². The fraction of sp³-hybridized carbons (Fsp3) is 0.318. The highest BCUT2D eigenvalue weighted by Gasteiger charge is 2.59. The Bertz CT molecular complexity index is 935. The van der Waals surface area contributed by atoms with Crippen molar-refractivity contribution in [3.05, 3.63) is 59.7 Å². The maximum atomic E-state index is 12.4. The van der Waals surface area contributed by atoms with Crippen LogP contribution in [0.2, 0.25) is 0 Å². The van der Waals surface area contributed by atoms with Crippen molar-refractivity contribution in [3.8, 4) is 11.5 Å². The highest BCUT2D eigenvalue weighted by molar-refractivity contribution is 5.91. The van der Waals surface area contributed by atoms with Crippen molar-refractivity contribution >= 4 is 17.7 Å². The molecule has 27 heavy (non-hydrogen) atoms. The van der Waals surface area contributed by atoms with Gasteiger partial charge >= 0.3 is 0 Å². The van der Waals surface area contributed by atoms with Crippen LogP contribution in [0.25, 0.3) is 6.08 Å². The van der Waals surface area contributed by atoms with E-state index in [0.29, 0.717) is 18.0 Å². The number of fused-ring (bicyclic) bond motifs is 3. The van der Waals surface area contributed by atoms with Gasteiger partial charge in [0.2, 0.25) is 5.91 Å². The van der Waals surface area contributed by atoms with E-state index in [0.717, 1.165) is 11.3 Å². The first-order valence-electron chi connectivity index (χ1n) is 9.03.